The van der Waals surface area contributed by atoms with E-state index < -0.39 is 68.5 Å². The Morgan fingerprint density at radius 1 is 0.367 bits per heavy atom. The summed E-state index contributed by atoms with van der Waals surface area (Å²) < 4.78 is 13.4. The first-order valence-corrected chi connectivity index (χ1v) is 40.6. The van der Waals surface area contributed by atoms with Gasteiger partial charge in [0.05, 0.1) is 57.6 Å². The predicted octanol–water partition coefficient (Wildman–Crippen LogP) is 12.5. The highest BCUT2D eigenvalue weighted by molar-refractivity contribution is 8.26. The summed E-state index contributed by atoms with van der Waals surface area (Å²) in [4.78, 5) is 148. The quantitative estimate of drug-likeness (QED) is 0.00380. The lowest BCUT2D eigenvalue weighted by molar-refractivity contribution is -0.137. The molecule has 8 amide bonds. The van der Waals surface area contributed by atoms with Crippen LogP contribution < -0.4 is 39.5 Å². The number of unbranched alkanes of at least 4 members (excludes halogenated alkanes) is 27. The van der Waals surface area contributed by atoms with Gasteiger partial charge in [-0.05, 0) is 85.9 Å². The monoisotopic (exact) mass is 1600 g/mol. The van der Waals surface area contributed by atoms with Gasteiger partial charge in [-0.1, -0.05) is 243 Å². The van der Waals surface area contributed by atoms with Crippen LogP contribution >= 0.6 is 33.0 Å². The molecule has 0 aliphatic carbocycles. The fraction of sp³-hybridized carbons (Fsp3) is 0.526. The second kappa shape index (κ2) is 63.6. The van der Waals surface area contributed by atoms with Crippen LogP contribution in [0.15, 0.2) is 97.1 Å². The predicted molar refractivity (Wildman–Crippen MR) is 425 cm³/mol. The van der Waals surface area contributed by atoms with Gasteiger partial charge in [-0.2, -0.15) is 0 Å². The maximum atomic E-state index is 12.2. The number of esters is 2. The molecule has 0 aromatic heterocycles. The number of rotatable bonds is 40. The normalized spacial score (nSPS) is 12.3. The number of benzene rings is 4. The molecular weight excluding hydrogens is 1490 g/mol. The van der Waals surface area contributed by atoms with Crippen molar-refractivity contribution in [2.45, 2.75) is 213 Å². The molecule has 606 valence electrons. The Labute approximate surface area is 657 Å². The van der Waals surface area contributed by atoms with E-state index in [1.807, 2.05) is 0 Å². The number of hydrogen-bond donors (Lipinski definition) is 9. The van der Waals surface area contributed by atoms with Gasteiger partial charge in [0.25, 0.3) is 35.4 Å². The van der Waals surface area contributed by atoms with E-state index in [2.05, 4.69) is 74.9 Å². The van der Waals surface area contributed by atoms with E-state index in [1.54, 1.807) is 84.9 Å². The van der Waals surface area contributed by atoms with Crippen LogP contribution in [-0.2, 0) is 37.9 Å². The largest absolute Gasteiger partial charge is 0.480 e. The number of carbonyl (C=O) groups excluding carboxylic acids is 11. The van der Waals surface area contributed by atoms with Crippen molar-refractivity contribution >= 4 is 119 Å². The molecule has 4 heterocycles. The number of carbonyl (C=O) groups is 13. The summed E-state index contributed by atoms with van der Waals surface area (Å²) >= 11 is 5.15. The molecule has 0 fully saturated rings. The van der Waals surface area contributed by atoms with Gasteiger partial charge < -0.3 is 42.8 Å². The lowest BCUT2D eigenvalue weighted by Gasteiger charge is -2.13. The molecule has 8 rings (SSSR count). The number of ether oxygens (including phenoxy) is 1. The first-order valence-electron chi connectivity index (χ1n) is 37.4. The van der Waals surface area contributed by atoms with E-state index in [0.29, 0.717) is 39.9 Å². The lowest BCUT2D eigenvalue weighted by Crippen LogP contribution is -2.40. The lowest BCUT2D eigenvalue weighted by atomic mass is 10.1. The minimum absolute atomic E-state index is 0.0408. The number of imide groups is 3. The highest BCUT2D eigenvalue weighted by Gasteiger charge is 2.38. The molecule has 0 unspecified atom stereocenters. The molecular formula is C78H115Cl3N10O17S. The number of carboxylic acids is 2. The van der Waals surface area contributed by atoms with Gasteiger partial charge >= 0.3 is 23.9 Å². The van der Waals surface area contributed by atoms with Crippen LogP contribution in [0.1, 0.15) is 296 Å². The Morgan fingerprint density at radius 3 is 0.835 bits per heavy atom. The van der Waals surface area contributed by atoms with Crippen molar-refractivity contribution < 1.29 is 81.5 Å². The Balaban J connectivity index is 0.00000127. The highest BCUT2D eigenvalue weighted by Crippen LogP contribution is 2.25. The number of hydrazine groups is 1. The number of halogens is 3. The molecule has 4 aromatic rings. The van der Waals surface area contributed by atoms with Gasteiger partial charge in [0.1, 0.15) is 19.6 Å². The fourth-order valence-corrected chi connectivity index (χ4v) is 11.1. The van der Waals surface area contributed by atoms with Crippen molar-refractivity contribution in [1.29, 1.82) is 0 Å². The van der Waals surface area contributed by atoms with Crippen molar-refractivity contribution in [1.82, 2.24) is 25.3 Å². The van der Waals surface area contributed by atoms with Crippen LogP contribution in [0.2, 0.25) is 0 Å². The average molecular weight is 1600 g/mol. The second-order valence-corrected chi connectivity index (χ2v) is 28.2. The van der Waals surface area contributed by atoms with Crippen LogP contribution in [0.3, 0.4) is 0 Å². The van der Waals surface area contributed by atoms with Crippen LogP contribution in [0, 0.1) is 0 Å². The molecule has 0 saturated heterocycles. The zero-order valence-corrected chi connectivity index (χ0v) is 66.5. The molecule has 109 heavy (non-hydrogen) atoms. The number of carboxylic acid groups (broad SMARTS) is 2. The first kappa shape index (κ1) is 101. The molecule has 27 nitrogen and oxygen atoms in total. The summed E-state index contributed by atoms with van der Waals surface area (Å²) in [7, 11) is 7.36. The Kier molecular flexibility index (Phi) is 58.8. The summed E-state index contributed by atoms with van der Waals surface area (Å²) in [5.74, 6) is 1.62. The molecule has 14 N–H and O–H groups in total. The number of hydrogen-bond acceptors (Lipinski definition) is 20. The molecule has 0 radical (unpaired) electrons. The smallest absolute Gasteiger partial charge is 0.346 e. The van der Waals surface area contributed by atoms with E-state index in [9.17, 15) is 62.3 Å². The molecule has 31 heteroatoms. The molecule has 0 spiro atoms. The number of nitrogens with zero attached hydrogens (tertiary/aromatic N) is 3. The summed E-state index contributed by atoms with van der Waals surface area (Å²) in [5, 5.41) is 21.0. The number of cyclic esters (lactones) is 2. The third-order valence-electron chi connectivity index (χ3n) is 16.7. The Bertz CT molecular complexity index is 3220. The number of nitrogens with two attached hydrogens (primary N) is 5. The zero-order chi connectivity index (χ0) is 81.7. The molecule has 0 bridgehead atoms. The van der Waals surface area contributed by atoms with Gasteiger partial charge in [-0.25, -0.2) is 13.8 Å². The average Bonchev–Trinajstić information content (AvgIpc) is 1.66. The maximum Gasteiger partial charge on any atom is 0.346 e. The number of amides is 8. The Hall–Kier alpha value is -8.19. The van der Waals surface area contributed by atoms with Gasteiger partial charge in [-0.15, -0.1) is 0 Å². The first-order chi connectivity index (χ1) is 52.4. The minimum Gasteiger partial charge on any atom is -0.480 e. The molecule has 4 aliphatic rings. The van der Waals surface area contributed by atoms with E-state index in [-0.39, 0.29) is 60.9 Å². The summed E-state index contributed by atoms with van der Waals surface area (Å²) in [6.45, 7) is 7.67. The topological polar surface area (TPSA) is 453 Å². The van der Waals surface area contributed by atoms with Crippen molar-refractivity contribution in [3.8, 4) is 0 Å². The van der Waals surface area contributed by atoms with Crippen molar-refractivity contribution in [3.05, 3.63) is 142 Å². The highest BCUT2D eigenvalue weighted by atomic mass is 36.0. The van der Waals surface area contributed by atoms with E-state index in [4.69, 9.17) is 37.5 Å². The third-order valence-corrected chi connectivity index (χ3v) is 16.8. The van der Waals surface area contributed by atoms with Crippen LogP contribution in [-0.4, -0.2) is 158 Å². The second-order valence-electron chi connectivity index (χ2n) is 25.2. The Morgan fingerprint density at radius 2 is 0.596 bits per heavy atom. The van der Waals surface area contributed by atoms with Crippen molar-refractivity contribution in [2.24, 2.45) is 28.9 Å². The number of nitrogens with one attached hydrogen (secondary N) is 2. The van der Waals surface area contributed by atoms with Gasteiger partial charge in [0.15, 0.2) is 0 Å². The van der Waals surface area contributed by atoms with Crippen LogP contribution in [0.25, 0.3) is 0 Å². The van der Waals surface area contributed by atoms with Gasteiger partial charge in [0, 0.05) is 34.5 Å². The summed E-state index contributed by atoms with van der Waals surface area (Å²) in [6, 6.07) is 25.9. The van der Waals surface area contributed by atoms with E-state index >= 15 is 0 Å². The van der Waals surface area contributed by atoms with Crippen LogP contribution in [0.4, 0.5) is 0 Å². The molecule has 0 saturated carbocycles. The van der Waals surface area contributed by atoms with Crippen molar-refractivity contribution in [3.63, 3.8) is 0 Å². The fourth-order valence-electron chi connectivity index (χ4n) is 11.0. The molecule has 0 atom stereocenters. The maximum absolute atomic E-state index is 12.2. The standard InChI is InChI=1S/C22H32N2O3.C14H30N2O.C12H27N.C10H6ClNO3.C10H7NO4.C8H4O3.C2H5NO2.Cl2OS.H4N2/c1-2-3-4-5-6-7-8-9-10-13-16-23-20(25)17-24-21(26)18-14-11-12-15-19(18)22(24)27;1-2-3-4-5-6-7-8-9-10-11-12-16-14(17)13-15;1-2-3-4-5-6-7-8-9-10-11-12-13;11-8(13)5-12-9(14)6-3-1-2-4-7(6)10(12)15;12-8(13)5-11-9(14)6-3-1-2-4-7(6)10(11)15;9-7-5-3-1-2-4-6(5)8(10)11-7;3-1-2(4)5;1-4(2)3;1-2/h11-12,14-15H,2-10,13,16-17H2,1H3,(H,23,25);2-13,15H2,1H3,(H,16,17);2-13H2,1H3;1-4H,5H2;1-4H,5H2,(H,12,13);1-4H;1,3H2,(H,4,5);;1-2H2. The summed E-state index contributed by atoms with van der Waals surface area (Å²) in [5.41, 5.74) is 17.8. The van der Waals surface area contributed by atoms with Gasteiger partial charge in [-0.3, -0.25) is 79.1 Å². The third kappa shape index (κ3) is 43.7. The minimum atomic E-state index is -1.67. The van der Waals surface area contributed by atoms with Crippen molar-refractivity contribution in [2.75, 3.05) is 52.4 Å². The molecule has 4 aromatic carbocycles. The number of fused-ring (bicyclic) bond motifs is 4. The van der Waals surface area contributed by atoms with E-state index in [0.717, 1.165) is 47.1 Å². The SMILES string of the molecule is CCCCCCCCCCCCN.CCCCCCCCCCCCNC(=O)CN.CCCCCCCCCCCCNC(=O)CN1C(=O)c2ccccc2C1=O.NCC(=O)O.NN.O=C(Cl)CN1C(=O)c2ccccc2C1=O.O=C(O)CN1C(=O)c2ccccc2C1=O.O=C1OC(=O)c2ccccc21.O=S(Cl)Cl. The summed E-state index contributed by atoms with van der Waals surface area (Å²) in [6.07, 6.45) is 39.6. The van der Waals surface area contributed by atoms with Gasteiger partial charge in [0.2, 0.25) is 26.3 Å². The van der Waals surface area contributed by atoms with E-state index in [1.165, 1.54) is 185 Å². The zero-order valence-electron chi connectivity index (χ0n) is 63.4. The van der Waals surface area contributed by atoms with Crippen LogP contribution in [0.5, 0.6) is 0 Å². The molecule has 4 aliphatic heterocycles. The number of aliphatic carboxylic acids is 2.